The summed E-state index contributed by atoms with van der Waals surface area (Å²) in [6.45, 7) is 3.11. The topological polar surface area (TPSA) is 44.1 Å². The van der Waals surface area contributed by atoms with Crippen LogP contribution in [-0.4, -0.2) is 23.9 Å². The Balaban J connectivity index is 1.62. The Morgan fingerprint density at radius 3 is 2.67 bits per heavy atom. The molecule has 1 spiro atoms. The molecule has 0 unspecified atom stereocenters. The fourth-order valence-corrected chi connectivity index (χ4v) is 5.93. The monoisotopic (exact) mass is 474 g/mol. The van der Waals surface area contributed by atoms with Crippen molar-refractivity contribution in [2.75, 3.05) is 13.1 Å². The predicted molar refractivity (Wildman–Crippen MR) is 121 cm³/mol. The second-order valence-corrected chi connectivity index (χ2v) is 9.82. The molecule has 2 aromatic carbocycles. The Bertz CT molecular complexity index is 1110. The van der Waals surface area contributed by atoms with Crippen molar-refractivity contribution in [1.29, 1.82) is 5.26 Å². The second kappa shape index (κ2) is 8.68. The Morgan fingerprint density at radius 2 is 2.00 bits per heavy atom. The maximum atomic E-state index is 13.7. The minimum atomic E-state index is -4.40. The molecule has 33 heavy (non-hydrogen) atoms. The number of benzene rings is 2. The van der Waals surface area contributed by atoms with Crippen LogP contribution in [-0.2, 0) is 23.8 Å². The van der Waals surface area contributed by atoms with Crippen LogP contribution in [0, 0.1) is 22.2 Å². The summed E-state index contributed by atoms with van der Waals surface area (Å²) in [5.41, 5.74) is 0.655. The van der Waals surface area contributed by atoms with E-state index in [1.54, 1.807) is 24.3 Å². The lowest BCUT2D eigenvalue weighted by Crippen LogP contribution is -2.30. The zero-order chi connectivity index (χ0) is 23.9. The van der Waals surface area contributed by atoms with Crippen molar-refractivity contribution in [3.63, 3.8) is 0 Å². The first kappa shape index (κ1) is 23.6. The Labute approximate surface area is 197 Å². The van der Waals surface area contributed by atoms with Crippen molar-refractivity contribution >= 4 is 17.5 Å². The zero-order valence-electron chi connectivity index (χ0n) is 18.5. The van der Waals surface area contributed by atoms with E-state index >= 15 is 0 Å². The number of carbonyl (C=O) groups is 1. The third-order valence-electron chi connectivity index (χ3n) is 7.58. The van der Waals surface area contributed by atoms with Gasteiger partial charge in [0.2, 0.25) is 5.91 Å². The number of nitrogens with zero attached hydrogens (tertiary/aromatic N) is 2. The molecule has 7 heteroatoms. The molecule has 3 nitrogen and oxygen atoms in total. The van der Waals surface area contributed by atoms with E-state index in [4.69, 9.17) is 16.9 Å². The minimum absolute atomic E-state index is 0.0993. The molecule has 2 atom stereocenters. The Kier molecular flexibility index (Phi) is 6.22. The number of hydrogen-bond acceptors (Lipinski definition) is 2. The molecule has 0 bridgehead atoms. The number of nitriles is 1. The highest BCUT2D eigenvalue weighted by atomic mass is 35.5. The lowest BCUT2D eigenvalue weighted by molar-refractivity contribution is -0.138. The van der Waals surface area contributed by atoms with Gasteiger partial charge in [0.25, 0.3) is 0 Å². The number of rotatable bonds is 6. The number of aryl methyl sites for hydroxylation is 1. The summed E-state index contributed by atoms with van der Waals surface area (Å²) in [7, 11) is 0. The SMILES string of the molecule is CCC(=O)N1CC[C@@]2(C1)C[C@@]2(CCc1ccc(C#N)c(Cl)c1)Cc1ccccc1C(F)(F)F. The molecule has 0 radical (unpaired) electrons. The fraction of sp³-hybridized carbons (Fsp3) is 0.462. The van der Waals surface area contributed by atoms with Crippen LogP contribution in [0.2, 0.25) is 5.02 Å². The maximum absolute atomic E-state index is 13.7. The van der Waals surface area contributed by atoms with Crippen molar-refractivity contribution < 1.29 is 18.0 Å². The van der Waals surface area contributed by atoms with Crippen LogP contribution in [0.5, 0.6) is 0 Å². The van der Waals surface area contributed by atoms with Crippen LogP contribution in [0.25, 0.3) is 0 Å². The quantitative estimate of drug-likeness (QED) is 0.484. The molecule has 0 aromatic heterocycles. The number of amides is 1. The summed E-state index contributed by atoms with van der Waals surface area (Å²) in [6, 6.07) is 13.2. The molecule has 2 aliphatic rings. The third-order valence-corrected chi connectivity index (χ3v) is 7.90. The number of likely N-dealkylation sites (tertiary alicyclic amines) is 1. The second-order valence-electron chi connectivity index (χ2n) is 9.41. The van der Waals surface area contributed by atoms with Gasteiger partial charge in [-0.15, -0.1) is 0 Å². The summed E-state index contributed by atoms with van der Waals surface area (Å²) in [5.74, 6) is 0.0993. The average molecular weight is 475 g/mol. The number of halogens is 4. The molecule has 2 aromatic rings. The molecule has 0 N–H and O–H groups in total. The third kappa shape index (κ3) is 4.48. The molecule has 1 amide bonds. The lowest BCUT2D eigenvalue weighted by Gasteiger charge is -2.25. The van der Waals surface area contributed by atoms with Gasteiger partial charge in [0.1, 0.15) is 6.07 Å². The van der Waals surface area contributed by atoms with Gasteiger partial charge >= 0.3 is 6.18 Å². The first-order valence-electron chi connectivity index (χ1n) is 11.2. The highest BCUT2D eigenvalue weighted by Gasteiger charge is 2.68. The predicted octanol–water partition coefficient (Wildman–Crippen LogP) is 6.42. The van der Waals surface area contributed by atoms with E-state index in [9.17, 15) is 18.0 Å². The molecular formula is C26H26ClF3N2O. The van der Waals surface area contributed by atoms with Crippen molar-refractivity contribution in [2.24, 2.45) is 10.8 Å². The van der Waals surface area contributed by atoms with Crippen LogP contribution in [0.1, 0.15) is 54.9 Å². The van der Waals surface area contributed by atoms with E-state index in [0.29, 0.717) is 54.9 Å². The lowest BCUT2D eigenvalue weighted by atomic mass is 9.80. The van der Waals surface area contributed by atoms with E-state index in [2.05, 4.69) is 0 Å². The standard InChI is InChI=1S/C26H26ClF3N2O/c1-2-23(33)32-12-11-25(17-32)16-24(25,10-9-18-7-8-20(15-31)22(27)13-18)14-19-5-3-4-6-21(19)26(28,29)30/h3-8,13H,2,9-12,14,16-17H2,1H3/t24-,25+/m1/s1. The molecule has 174 valence electrons. The van der Waals surface area contributed by atoms with E-state index in [0.717, 1.165) is 24.5 Å². The van der Waals surface area contributed by atoms with Gasteiger partial charge in [-0.1, -0.05) is 42.8 Å². The van der Waals surface area contributed by atoms with Crippen molar-refractivity contribution in [3.8, 4) is 6.07 Å². The Morgan fingerprint density at radius 1 is 1.24 bits per heavy atom. The van der Waals surface area contributed by atoms with Gasteiger partial charge in [-0.05, 0) is 72.3 Å². The van der Waals surface area contributed by atoms with E-state index in [1.165, 1.54) is 6.07 Å². The smallest absolute Gasteiger partial charge is 0.342 e. The zero-order valence-corrected chi connectivity index (χ0v) is 19.3. The number of hydrogen-bond donors (Lipinski definition) is 0. The molecule has 1 aliphatic carbocycles. The van der Waals surface area contributed by atoms with Gasteiger partial charge in [0.05, 0.1) is 16.1 Å². The van der Waals surface area contributed by atoms with Gasteiger partial charge in [-0.3, -0.25) is 4.79 Å². The Hall–Kier alpha value is -2.52. The van der Waals surface area contributed by atoms with Crippen LogP contribution in [0.4, 0.5) is 13.2 Å². The van der Waals surface area contributed by atoms with Crippen LogP contribution >= 0.6 is 11.6 Å². The number of alkyl halides is 3. The normalized spacial score (nSPS) is 24.2. The minimum Gasteiger partial charge on any atom is -0.342 e. The highest BCUT2D eigenvalue weighted by Crippen LogP contribution is 2.71. The summed E-state index contributed by atoms with van der Waals surface area (Å²) in [6.07, 6.45) is -0.644. The molecule has 4 rings (SSSR count). The van der Waals surface area contributed by atoms with E-state index in [1.807, 2.05) is 24.0 Å². The largest absolute Gasteiger partial charge is 0.416 e. The summed E-state index contributed by atoms with van der Waals surface area (Å²) >= 11 is 6.19. The molecule has 1 saturated carbocycles. The van der Waals surface area contributed by atoms with Crippen molar-refractivity contribution in [2.45, 2.75) is 51.6 Å². The summed E-state index contributed by atoms with van der Waals surface area (Å²) < 4.78 is 41.1. The molecule has 1 heterocycles. The van der Waals surface area contributed by atoms with Gasteiger partial charge in [-0.25, -0.2) is 0 Å². The molecule has 1 aliphatic heterocycles. The van der Waals surface area contributed by atoms with Crippen molar-refractivity contribution in [3.05, 3.63) is 69.7 Å². The fourth-order valence-electron chi connectivity index (χ4n) is 5.69. The van der Waals surface area contributed by atoms with Crippen LogP contribution < -0.4 is 0 Å². The average Bonchev–Trinajstić information content (AvgIpc) is 3.15. The molecule has 2 fully saturated rings. The summed E-state index contributed by atoms with van der Waals surface area (Å²) in [5, 5.41) is 9.49. The van der Waals surface area contributed by atoms with Crippen LogP contribution in [0.3, 0.4) is 0 Å². The first-order valence-corrected chi connectivity index (χ1v) is 11.6. The highest BCUT2D eigenvalue weighted by molar-refractivity contribution is 6.31. The molecule has 1 saturated heterocycles. The van der Waals surface area contributed by atoms with Gasteiger partial charge in [0.15, 0.2) is 0 Å². The maximum Gasteiger partial charge on any atom is 0.416 e. The van der Waals surface area contributed by atoms with Crippen molar-refractivity contribution in [1.82, 2.24) is 4.90 Å². The molecular weight excluding hydrogens is 449 g/mol. The summed E-state index contributed by atoms with van der Waals surface area (Å²) in [4.78, 5) is 14.2. The van der Waals surface area contributed by atoms with Gasteiger partial charge < -0.3 is 4.90 Å². The van der Waals surface area contributed by atoms with E-state index in [-0.39, 0.29) is 16.7 Å². The van der Waals surface area contributed by atoms with Crippen LogP contribution in [0.15, 0.2) is 42.5 Å². The van der Waals surface area contributed by atoms with Gasteiger partial charge in [-0.2, -0.15) is 18.4 Å². The number of carbonyl (C=O) groups excluding carboxylic acids is 1. The van der Waals surface area contributed by atoms with E-state index < -0.39 is 11.7 Å². The van der Waals surface area contributed by atoms with Gasteiger partial charge in [0, 0.05) is 19.5 Å². The first-order chi connectivity index (χ1) is 15.6.